The fraction of sp³-hybridized carbons (Fsp3) is 0.188. The van der Waals surface area contributed by atoms with Crippen molar-refractivity contribution in [3.05, 3.63) is 52.7 Å². The van der Waals surface area contributed by atoms with Gasteiger partial charge in [0.25, 0.3) is 0 Å². The monoisotopic (exact) mass is 316 g/mol. The number of thiophene rings is 1. The van der Waals surface area contributed by atoms with Gasteiger partial charge < -0.3 is 10.2 Å². The van der Waals surface area contributed by atoms with Gasteiger partial charge in [0.2, 0.25) is 5.89 Å². The van der Waals surface area contributed by atoms with Crippen LogP contribution in [0.1, 0.15) is 17.0 Å². The van der Waals surface area contributed by atoms with Crippen molar-refractivity contribution in [3.63, 3.8) is 0 Å². The van der Waals surface area contributed by atoms with Crippen LogP contribution in [0.4, 0.5) is 5.69 Å². The second kappa shape index (κ2) is 5.95. The fourth-order valence-corrected chi connectivity index (χ4v) is 3.61. The van der Waals surface area contributed by atoms with Crippen LogP contribution < -0.4 is 5.73 Å². The van der Waals surface area contributed by atoms with Crippen molar-refractivity contribution >= 4 is 28.8 Å². The molecule has 0 aliphatic rings. The number of aromatic nitrogens is 1. The van der Waals surface area contributed by atoms with Crippen molar-refractivity contribution in [2.75, 3.05) is 5.73 Å². The number of nitrogen functional groups attached to an aromatic ring is 1. The Morgan fingerprint density at radius 2 is 2.14 bits per heavy atom. The second-order valence-corrected chi connectivity index (χ2v) is 6.79. The first-order valence-corrected chi connectivity index (χ1v) is 8.49. The first kappa shape index (κ1) is 14.2. The highest BCUT2D eigenvalue weighted by Crippen LogP contribution is 2.32. The summed E-state index contributed by atoms with van der Waals surface area (Å²) in [5, 5.41) is 2.02. The number of benzene rings is 1. The average molecular weight is 316 g/mol. The molecule has 3 rings (SSSR count). The normalized spacial score (nSPS) is 11.0. The number of aryl methyl sites for hydroxylation is 2. The lowest BCUT2D eigenvalue weighted by molar-refractivity contribution is 0.542. The number of hydrogen-bond acceptors (Lipinski definition) is 5. The Labute approximate surface area is 132 Å². The molecule has 0 aliphatic heterocycles. The number of nitrogens with zero attached hydrogens (tertiary/aromatic N) is 1. The average Bonchev–Trinajstić information content (AvgIpc) is 3.07. The Morgan fingerprint density at radius 1 is 1.29 bits per heavy atom. The molecule has 0 radical (unpaired) electrons. The largest absolute Gasteiger partial charge is 0.440 e. The molecule has 0 unspecified atom stereocenters. The van der Waals surface area contributed by atoms with E-state index >= 15 is 0 Å². The molecule has 0 fully saturated rings. The minimum absolute atomic E-state index is 0.704. The van der Waals surface area contributed by atoms with Crippen molar-refractivity contribution in [1.29, 1.82) is 0 Å². The third-order valence-electron chi connectivity index (χ3n) is 3.15. The lowest BCUT2D eigenvalue weighted by Gasteiger charge is -2.05. The maximum atomic E-state index is 6.04. The summed E-state index contributed by atoms with van der Waals surface area (Å²) in [7, 11) is 0. The van der Waals surface area contributed by atoms with Gasteiger partial charge in [0.15, 0.2) is 0 Å². The molecule has 0 atom stereocenters. The summed E-state index contributed by atoms with van der Waals surface area (Å²) in [4.78, 5) is 6.74. The Hall–Kier alpha value is -1.72. The minimum Gasteiger partial charge on any atom is -0.440 e. The number of oxazole rings is 1. The molecular formula is C16H16N2OS2. The van der Waals surface area contributed by atoms with Crippen LogP contribution >= 0.6 is 23.1 Å². The summed E-state index contributed by atoms with van der Waals surface area (Å²) in [5.74, 6) is 2.33. The number of anilines is 1. The SMILES string of the molecule is Cc1ccc(SCc2nc(-c3cccs3)oc2C)c(N)c1. The van der Waals surface area contributed by atoms with Crippen LogP contribution in [0.15, 0.2) is 45.0 Å². The third kappa shape index (κ3) is 3.14. The molecule has 3 nitrogen and oxygen atoms in total. The van der Waals surface area contributed by atoms with Gasteiger partial charge >= 0.3 is 0 Å². The van der Waals surface area contributed by atoms with Gasteiger partial charge in [-0.15, -0.1) is 23.1 Å². The fourth-order valence-electron chi connectivity index (χ4n) is 2.01. The molecule has 108 valence electrons. The molecule has 0 amide bonds. The minimum atomic E-state index is 0.704. The van der Waals surface area contributed by atoms with Crippen LogP contribution in [0.2, 0.25) is 0 Å². The van der Waals surface area contributed by atoms with Gasteiger partial charge in [-0.3, -0.25) is 0 Å². The standard InChI is InChI=1S/C16H16N2OS2/c1-10-5-6-14(12(17)8-10)21-9-13-11(2)19-16(18-13)15-4-3-7-20-15/h3-8H,9,17H2,1-2H3. The zero-order valence-corrected chi connectivity index (χ0v) is 13.6. The molecule has 2 aromatic heterocycles. The van der Waals surface area contributed by atoms with E-state index in [4.69, 9.17) is 10.2 Å². The first-order valence-electron chi connectivity index (χ1n) is 6.62. The number of nitrogens with two attached hydrogens (primary N) is 1. The Bertz CT molecular complexity index is 748. The van der Waals surface area contributed by atoms with Gasteiger partial charge in [-0.05, 0) is 43.0 Å². The molecule has 0 bridgehead atoms. The molecule has 0 aliphatic carbocycles. The number of thioether (sulfide) groups is 1. The van der Waals surface area contributed by atoms with Crippen LogP contribution in [-0.4, -0.2) is 4.98 Å². The molecule has 2 N–H and O–H groups in total. The molecule has 3 aromatic rings. The Balaban J connectivity index is 1.76. The van der Waals surface area contributed by atoms with Crippen molar-refractivity contribution in [2.24, 2.45) is 0 Å². The molecule has 2 heterocycles. The van der Waals surface area contributed by atoms with Crippen LogP contribution in [-0.2, 0) is 5.75 Å². The van der Waals surface area contributed by atoms with Crippen LogP contribution in [0.5, 0.6) is 0 Å². The molecule has 21 heavy (non-hydrogen) atoms. The maximum Gasteiger partial charge on any atom is 0.236 e. The summed E-state index contributed by atoms with van der Waals surface area (Å²) >= 11 is 3.32. The van der Waals surface area contributed by atoms with Gasteiger partial charge in [-0.1, -0.05) is 12.1 Å². The van der Waals surface area contributed by atoms with Crippen molar-refractivity contribution in [1.82, 2.24) is 4.98 Å². The van der Waals surface area contributed by atoms with E-state index in [-0.39, 0.29) is 0 Å². The summed E-state index contributed by atoms with van der Waals surface area (Å²) in [6.07, 6.45) is 0. The Morgan fingerprint density at radius 3 is 2.86 bits per heavy atom. The van der Waals surface area contributed by atoms with Crippen molar-refractivity contribution in [2.45, 2.75) is 24.5 Å². The number of hydrogen-bond donors (Lipinski definition) is 1. The summed E-state index contributed by atoms with van der Waals surface area (Å²) in [6, 6.07) is 10.2. The molecule has 0 spiro atoms. The van der Waals surface area contributed by atoms with E-state index in [1.165, 1.54) is 5.56 Å². The van der Waals surface area contributed by atoms with E-state index in [1.807, 2.05) is 37.4 Å². The van der Waals surface area contributed by atoms with Crippen LogP contribution in [0, 0.1) is 13.8 Å². The molecule has 1 aromatic carbocycles. The lowest BCUT2D eigenvalue weighted by Crippen LogP contribution is -1.91. The lowest BCUT2D eigenvalue weighted by atomic mass is 10.2. The highest BCUT2D eigenvalue weighted by Gasteiger charge is 2.13. The summed E-state index contributed by atoms with van der Waals surface area (Å²) in [5.41, 5.74) is 9.01. The highest BCUT2D eigenvalue weighted by molar-refractivity contribution is 7.98. The summed E-state index contributed by atoms with van der Waals surface area (Å²) < 4.78 is 5.75. The van der Waals surface area contributed by atoms with Gasteiger partial charge in [-0.25, -0.2) is 4.98 Å². The topological polar surface area (TPSA) is 52.0 Å². The quantitative estimate of drug-likeness (QED) is 0.550. The third-order valence-corrected chi connectivity index (χ3v) is 5.11. The second-order valence-electron chi connectivity index (χ2n) is 4.83. The van der Waals surface area contributed by atoms with Gasteiger partial charge in [0.1, 0.15) is 5.76 Å². The molecule has 0 saturated heterocycles. The molecule has 0 saturated carbocycles. The predicted molar refractivity (Wildman–Crippen MR) is 89.7 cm³/mol. The van der Waals surface area contributed by atoms with E-state index in [1.54, 1.807) is 23.1 Å². The zero-order valence-electron chi connectivity index (χ0n) is 11.9. The first-order chi connectivity index (χ1) is 10.1. The number of rotatable bonds is 4. The molecular weight excluding hydrogens is 300 g/mol. The van der Waals surface area contributed by atoms with E-state index in [0.29, 0.717) is 5.89 Å². The van der Waals surface area contributed by atoms with Crippen molar-refractivity contribution in [3.8, 4) is 10.8 Å². The smallest absolute Gasteiger partial charge is 0.236 e. The summed E-state index contributed by atoms with van der Waals surface area (Å²) in [6.45, 7) is 4.00. The highest BCUT2D eigenvalue weighted by atomic mass is 32.2. The van der Waals surface area contributed by atoms with E-state index in [2.05, 4.69) is 17.1 Å². The van der Waals surface area contributed by atoms with E-state index in [9.17, 15) is 0 Å². The van der Waals surface area contributed by atoms with Gasteiger partial charge in [0, 0.05) is 16.3 Å². The molecule has 5 heteroatoms. The van der Waals surface area contributed by atoms with Crippen molar-refractivity contribution < 1.29 is 4.42 Å². The Kier molecular flexibility index (Phi) is 4.03. The van der Waals surface area contributed by atoms with Crippen LogP contribution in [0.25, 0.3) is 10.8 Å². The van der Waals surface area contributed by atoms with Crippen LogP contribution in [0.3, 0.4) is 0 Å². The predicted octanol–water partition coefficient (Wildman–Crippen LogP) is 4.89. The van der Waals surface area contributed by atoms with E-state index < -0.39 is 0 Å². The van der Waals surface area contributed by atoms with Gasteiger partial charge in [0.05, 0.1) is 10.6 Å². The van der Waals surface area contributed by atoms with Gasteiger partial charge in [-0.2, -0.15) is 0 Å². The van der Waals surface area contributed by atoms with E-state index in [0.717, 1.165) is 32.7 Å². The maximum absolute atomic E-state index is 6.04. The zero-order chi connectivity index (χ0) is 14.8.